The summed E-state index contributed by atoms with van der Waals surface area (Å²) in [6, 6.07) is 3.79. The summed E-state index contributed by atoms with van der Waals surface area (Å²) in [6.07, 6.45) is 1.51. The van der Waals surface area contributed by atoms with Gasteiger partial charge >= 0.3 is 6.09 Å². The third-order valence-corrected chi connectivity index (χ3v) is 3.28. The Balaban J connectivity index is 1.96. The number of hydrogen-bond acceptors (Lipinski definition) is 5. The van der Waals surface area contributed by atoms with Crippen LogP contribution < -0.4 is 9.64 Å². The number of aromatic nitrogens is 1. The van der Waals surface area contributed by atoms with Crippen molar-refractivity contribution in [3.8, 4) is 5.75 Å². The van der Waals surface area contributed by atoms with Crippen LogP contribution in [0.2, 0.25) is 0 Å². The van der Waals surface area contributed by atoms with Gasteiger partial charge in [0, 0.05) is 32.4 Å². The van der Waals surface area contributed by atoms with E-state index in [4.69, 9.17) is 9.47 Å². The van der Waals surface area contributed by atoms with Gasteiger partial charge in [-0.25, -0.2) is 9.78 Å². The summed E-state index contributed by atoms with van der Waals surface area (Å²) in [5, 5.41) is 0. The number of nitrogens with zero attached hydrogens (tertiary/aromatic N) is 3. The zero-order valence-electron chi connectivity index (χ0n) is 13.8. The molecule has 122 valence electrons. The van der Waals surface area contributed by atoms with Gasteiger partial charge in [-0.1, -0.05) is 0 Å². The molecule has 0 atom stereocenters. The molecule has 0 aliphatic carbocycles. The normalized spacial score (nSPS) is 15.6. The van der Waals surface area contributed by atoms with E-state index in [2.05, 4.69) is 9.88 Å². The van der Waals surface area contributed by atoms with Crippen LogP contribution in [0.15, 0.2) is 18.3 Å². The smallest absolute Gasteiger partial charge is 0.410 e. The fraction of sp³-hybridized carbons (Fsp3) is 0.625. The molecule has 1 fully saturated rings. The van der Waals surface area contributed by atoms with Crippen LogP contribution in [0.5, 0.6) is 5.75 Å². The second-order valence-electron chi connectivity index (χ2n) is 6.21. The summed E-state index contributed by atoms with van der Waals surface area (Å²) >= 11 is 0. The van der Waals surface area contributed by atoms with Crippen LogP contribution in [0.1, 0.15) is 27.7 Å². The van der Waals surface area contributed by atoms with E-state index in [0.717, 1.165) is 24.7 Å². The van der Waals surface area contributed by atoms with E-state index < -0.39 is 5.60 Å². The van der Waals surface area contributed by atoms with E-state index in [1.54, 1.807) is 11.1 Å². The topological polar surface area (TPSA) is 54.9 Å². The Bertz CT molecular complexity index is 506. The van der Waals surface area contributed by atoms with Crippen molar-refractivity contribution in [2.24, 2.45) is 0 Å². The first kappa shape index (κ1) is 16.4. The Labute approximate surface area is 132 Å². The standard InChI is InChI=1S/C16H25N3O3/c1-5-21-13-7-6-8-17-14(13)18-9-11-19(12-10-18)15(20)22-16(2,3)4/h6-8H,5,9-12H2,1-4H3. The summed E-state index contributed by atoms with van der Waals surface area (Å²) in [7, 11) is 0. The van der Waals surface area contributed by atoms with Crippen molar-refractivity contribution in [3.63, 3.8) is 0 Å². The van der Waals surface area contributed by atoms with Gasteiger partial charge in [0.1, 0.15) is 5.60 Å². The lowest BCUT2D eigenvalue weighted by Crippen LogP contribution is -2.50. The second-order valence-corrected chi connectivity index (χ2v) is 6.21. The number of hydrogen-bond donors (Lipinski definition) is 0. The van der Waals surface area contributed by atoms with Gasteiger partial charge in [-0.2, -0.15) is 0 Å². The highest BCUT2D eigenvalue weighted by molar-refractivity contribution is 5.68. The molecule has 1 aliphatic rings. The molecule has 0 N–H and O–H groups in total. The molecule has 1 aromatic heterocycles. The van der Waals surface area contributed by atoms with Gasteiger partial charge in [0.25, 0.3) is 0 Å². The average Bonchev–Trinajstić information content (AvgIpc) is 2.47. The Hall–Kier alpha value is -1.98. The molecule has 1 aromatic rings. The zero-order valence-corrected chi connectivity index (χ0v) is 13.8. The van der Waals surface area contributed by atoms with E-state index in [1.807, 2.05) is 39.8 Å². The fourth-order valence-electron chi connectivity index (χ4n) is 2.32. The van der Waals surface area contributed by atoms with Crippen LogP contribution in [0.4, 0.5) is 10.6 Å². The van der Waals surface area contributed by atoms with Crippen molar-refractivity contribution in [2.45, 2.75) is 33.3 Å². The summed E-state index contributed by atoms with van der Waals surface area (Å²) < 4.78 is 11.0. The summed E-state index contributed by atoms with van der Waals surface area (Å²) in [4.78, 5) is 20.4. The van der Waals surface area contributed by atoms with E-state index in [0.29, 0.717) is 19.7 Å². The lowest BCUT2D eigenvalue weighted by atomic mass is 10.2. The van der Waals surface area contributed by atoms with E-state index in [1.165, 1.54) is 0 Å². The molecule has 0 bridgehead atoms. The van der Waals surface area contributed by atoms with Crippen molar-refractivity contribution >= 4 is 11.9 Å². The van der Waals surface area contributed by atoms with Crippen LogP contribution in [0, 0.1) is 0 Å². The van der Waals surface area contributed by atoms with Crippen molar-refractivity contribution in [1.29, 1.82) is 0 Å². The molecule has 1 aliphatic heterocycles. The van der Waals surface area contributed by atoms with Crippen molar-refractivity contribution in [2.75, 3.05) is 37.7 Å². The van der Waals surface area contributed by atoms with Crippen molar-refractivity contribution in [1.82, 2.24) is 9.88 Å². The molecule has 0 saturated carbocycles. The van der Waals surface area contributed by atoms with Gasteiger partial charge in [-0.15, -0.1) is 0 Å². The lowest BCUT2D eigenvalue weighted by Gasteiger charge is -2.36. The van der Waals surface area contributed by atoms with Gasteiger partial charge < -0.3 is 19.3 Å². The third-order valence-electron chi connectivity index (χ3n) is 3.28. The van der Waals surface area contributed by atoms with Crippen LogP contribution >= 0.6 is 0 Å². The molecule has 2 heterocycles. The highest BCUT2D eigenvalue weighted by atomic mass is 16.6. The highest BCUT2D eigenvalue weighted by Crippen LogP contribution is 2.26. The monoisotopic (exact) mass is 307 g/mol. The van der Waals surface area contributed by atoms with Gasteiger partial charge in [0.15, 0.2) is 11.6 Å². The predicted molar refractivity (Wildman–Crippen MR) is 85.4 cm³/mol. The Morgan fingerprint density at radius 1 is 1.27 bits per heavy atom. The molecule has 1 saturated heterocycles. The van der Waals surface area contributed by atoms with Gasteiger partial charge in [0.2, 0.25) is 0 Å². The summed E-state index contributed by atoms with van der Waals surface area (Å²) in [5.74, 6) is 1.63. The molecule has 2 rings (SSSR count). The molecule has 1 amide bonds. The minimum absolute atomic E-state index is 0.252. The first-order valence-corrected chi connectivity index (χ1v) is 7.71. The SMILES string of the molecule is CCOc1cccnc1N1CCN(C(=O)OC(C)(C)C)CC1. The average molecular weight is 307 g/mol. The third kappa shape index (κ3) is 4.26. The van der Waals surface area contributed by atoms with Crippen LogP contribution in [0.25, 0.3) is 0 Å². The van der Waals surface area contributed by atoms with E-state index >= 15 is 0 Å². The summed E-state index contributed by atoms with van der Waals surface area (Å²) in [5.41, 5.74) is -0.461. The van der Waals surface area contributed by atoms with Crippen molar-refractivity contribution in [3.05, 3.63) is 18.3 Å². The summed E-state index contributed by atoms with van der Waals surface area (Å²) in [6.45, 7) is 10.9. The van der Waals surface area contributed by atoms with Crippen molar-refractivity contribution < 1.29 is 14.3 Å². The van der Waals surface area contributed by atoms with Crippen LogP contribution in [0.3, 0.4) is 0 Å². The van der Waals surface area contributed by atoms with E-state index in [-0.39, 0.29) is 6.09 Å². The van der Waals surface area contributed by atoms with Gasteiger partial charge in [0.05, 0.1) is 6.61 Å². The molecule has 0 radical (unpaired) electrons. The maximum absolute atomic E-state index is 12.1. The largest absolute Gasteiger partial charge is 0.490 e. The number of anilines is 1. The number of amides is 1. The van der Waals surface area contributed by atoms with Crippen LogP contribution in [-0.2, 0) is 4.74 Å². The predicted octanol–water partition coefficient (Wildman–Crippen LogP) is 2.54. The number of rotatable bonds is 3. The number of carbonyl (C=O) groups is 1. The zero-order chi connectivity index (χ0) is 16.2. The first-order chi connectivity index (χ1) is 10.4. The molecule has 22 heavy (non-hydrogen) atoms. The molecule has 6 nitrogen and oxygen atoms in total. The quantitative estimate of drug-likeness (QED) is 0.859. The van der Waals surface area contributed by atoms with E-state index in [9.17, 15) is 4.79 Å². The first-order valence-electron chi connectivity index (χ1n) is 7.71. The number of piperazine rings is 1. The fourth-order valence-corrected chi connectivity index (χ4v) is 2.32. The van der Waals surface area contributed by atoms with Crippen LogP contribution in [-0.4, -0.2) is 54.4 Å². The Kier molecular flexibility index (Phi) is 5.11. The molecule has 0 unspecified atom stereocenters. The number of carbonyl (C=O) groups excluding carboxylic acids is 1. The molecule has 0 spiro atoms. The number of pyridine rings is 1. The Morgan fingerprint density at radius 2 is 1.95 bits per heavy atom. The molecule has 6 heteroatoms. The maximum atomic E-state index is 12.1. The number of ether oxygens (including phenoxy) is 2. The maximum Gasteiger partial charge on any atom is 0.410 e. The van der Waals surface area contributed by atoms with Gasteiger partial charge in [-0.05, 0) is 39.8 Å². The minimum atomic E-state index is -0.461. The molecular weight excluding hydrogens is 282 g/mol. The van der Waals surface area contributed by atoms with Gasteiger partial charge in [-0.3, -0.25) is 0 Å². The second kappa shape index (κ2) is 6.85. The Morgan fingerprint density at radius 3 is 2.55 bits per heavy atom. The molecular formula is C16H25N3O3. The lowest BCUT2D eigenvalue weighted by molar-refractivity contribution is 0.0240. The molecule has 0 aromatic carbocycles. The highest BCUT2D eigenvalue weighted by Gasteiger charge is 2.27. The minimum Gasteiger partial charge on any atom is -0.490 e.